The van der Waals surface area contributed by atoms with Crippen molar-refractivity contribution >= 4 is 6.29 Å². The molecule has 0 aliphatic heterocycles. The van der Waals surface area contributed by atoms with Gasteiger partial charge in [-0.05, 0) is 12.0 Å². The molecule has 0 aliphatic rings. The van der Waals surface area contributed by atoms with Crippen molar-refractivity contribution in [3.8, 4) is 0 Å². The van der Waals surface area contributed by atoms with E-state index in [2.05, 4.69) is 0 Å². The number of rotatable bonds is 2. The molecule has 0 fully saturated rings. The van der Waals surface area contributed by atoms with Crippen molar-refractivity contribution in [3.05, 3.63) is 11.9 Å². The van der Waals surface area contributed by atoms with Crippen molar-refractivity contribution in [1.82, 2.24) is 0 Å². The lowest BCUT2D eigenvalue weighted by molar-refractivity contribution is -0.106. The smallest absolute Gasteiger partial charge is 0.178 e. The molecule has 0 radical (unpaired) electrons. The molecule has 0 N–H and O–H groups in total. The average molecular weight is 116 g/mol. The summed E-state index contributed by atoms with van der Waals surface area (Å²) in [5.74, 6) is -0.569. The van der Waals surface area contributed by atoms with Crippen LogP contribution in [0.2, 0.25) is 0 Å². The summed E-state index contributed by atoms with van der Waals surface area (Å²) < 4.78 is 11.9. The highest BCUT2D eigenvalue weighted by Crippen LogP contribution is 1.99. The molecule has 0 saturated carbocycles. The van der Waals surface area contributed by atoms with Gasteiger partial charge in [-0.25, -0.2) is 4.39 Å². The van der Waals surface area contributed by atoms with Gasteiger partial charge < -0.3 is 0 Å². The Kier molecular flexibility index (Phi) is 3.08. The molecule has 0 bridgehead atoms. The van der Waals surface area contributed by atoms with Gasteiger partial charge in [0.05, 0.1) is 0 Å². The summed E-state index contributed by atoms with van der Waals surface area (Å²) >= 11 is 0. The van der Waals surface area contributed by atoms with Gasteiger partial charge in [0.1, 0.15) is 0 Å². The van der Waals surface area contributed by atoms with Crippen molar-refractivity contribution in [3.63, 3.8) is 0 Å². The first kappa shape index (κ1) is 7.34. The molecule has 0 spiro atoms. The van der Waals surface area contributed by atoms with E-state index in [0.717, 1.165) is 0 Å². The highest BCUT2D eigenvalue weighted by molar-refractivity contribution is 5.69. The van der Waals surface area contributed by atoms with E-state index in [1.54, 1.807) is 0 Å². The SMILES string of the molecule is CC(C)/C=C(\F)C=O. The van der Waals surface area contributed by atoms with Gasteiger partial charge in [0, 0.05) is 0 Å². The topological polar surface area (TPSA) is 17.1 Å². The first-order chi connectivity index (χ1) is 3.66. The zero-order chi connectivity index (χ0) is 6.57. The third kappa shape index (κ3) is 3.53. The molecule has 0 amide bonds. The summed E-state index contributed by atoms with van der Waals surface area (Å²) in [4.78, 5) is 9.60. The predicted octanol–water partition coefficient (Wildman–Crippen LogP) is 1.69. The summed E-state index contributed by atoms with van der Waals surface area (Å²) in [5.41, 5.74) is 0. The molecule has 1 nitrogen and oxygen atoms in total. The Labute approximate surface area is 48.2 Å². The summed E-state index contributed by atoms with van der Waals surface area (Å²) in [5, 5.41) is 0. The summed E-state index contributed by atoms with van der Waals surface area (Å²) in [6, 6.07) is 0. The van der Waals surface area contributed by atoms with Gasteiger partial charge in [-0.3, -0.25) is 4.79 Å². The molecule has 0 heterocycles. The van der Waals surface area contributed by atoms with Crippen molar-refractivity contribution in [2.24, 2.45) is 5.92 Å². The van der Waals surface area contributed by atoms with Crippen LogP contribution >= 0.6 is 0 Å². The van der Waals surface area contributed by atoms with E-state index < -0.39 is 5.83 Å². The van der Waals surface area contributed by atoms with Gasteiger partial charge in [0.2, 0.25) is 0 Å². The van der Waals surface area contributed by atoms with E-state index in [1.165, 1.54) is 6.08 Å². The number of carbonyl (C=O) groups excluding carboxylic acids is 1. The van der Waals surface area contributed by atoms with Crippen LogP contribution in [0, 0.1) is 5.92 Å². The van der Waals surface area contributed by atoms with Gasteiger partial charge in [0.15, 0.2) is 12.1 Å². The van der Waals surface area contributed by atoms with Gasteiger partial charge in [0.25, 0.3) is 0 Å². The van der Waals surface area contributed by atoms with E-state index in [0.29, 0.717) is 0 Å². The zero-order valence-corrected chi connectivity index (χ0v) is 5.02. The number of hydrogen-bond acceptors (Lipinski definition) is 1. The number of hydrogen-bond donors (Lipinski definition) is 0. The predicted molar refractivity (Wildman–Crippen MR) is 30.1 cm³/mol. The van der Waals surface area contributed by atoms with E-state index in [9.17, 15) is 9.18 Å². The third-order valence-electron chi connectivity index (χ3n) is 0.605. The minimum Gasteiger partial charge on any atom is -0.295 e. The lowest BCUT2D eigenvalue weighted by Gasteiger charge is -1.89. The lowest BCUT2D eigenvalue weighted by Crippen LogP contribution is -1.81. The van der Waals surface area contributed by atoms with Crippen LogP contribution in [-0.2, 0) is 4.79 Å². The van der Waals surface area contributed by atoms with Crippen LogP contribution in [0.25, 0.3) is 0 Å². The van der Waals surface area contributed by atoms with E-state index in [-0.39, 0.29) is 12.2 Å². The van der Waals surface area contributed by atoms with Crippen LogP contribution in [0.4, 0.5) is 4.39 Å². The summed E-state index contributed by atoms with van der Waals surface area (Å²) in [6.45, 7) is 3.62. The number of allylic oxidation sites excluding steroid dienone is 2. The molecule has 0 atom stereocenters. The largest absolute Gasteiger partial charge is 0.295 e. The normalized spacial score (nSPS) is 12.2. The number of carbonyl (C=O) groups is 1. The van der Waals surface area contributed by atoms with E-state index >= 15 is 0 Å². The Morgan fingerprint density at radius 3 is 2.25 bits per heavy atom. The second-order valence-corrected chi connectivity index (χ2v) is 1.91. The maximum absolute atomic E-state index is 11.9. The molecule has 0 rings (SSSR count). The molecule has 0 aromatic carbocycles. The van der Waals surface area contributed by atoms with Crippen LogP contribution in [0.1, 0.15) is 13.8 Å². The molecule has 0 saturated heterocycles. The van der Waals surface area contributed by atoms with Crippen molar-refractivity contribution in [2.45, 2.75) is 13.8 Å². The third-order valence-corrected chi connectivity index (χ3v) is 0.605. The standard InChI is InChI=1S/C6H9FO/c1-5(2)3-6(7)4-8/h3-5H,1-2H3/b6-3-. The highest BCUT2D eigenvalue weighted by Gasteiger charge is 1.90. The molecule has 0 aromatic rings. The Morgan fingerprint density at radius 2 is 2.12 bits per heavy atom. The van der Waals surface area contributed by atoms with Crippen LogP contribution in [0.15, 0.2) is 11.9 Å². The fourth-order valence-electron chi connectivity index (χ4n) is 0.358. The molecule has 0 aromatic heterocycles. The van der Waals surface area contributed by atoms with E-state index in [1.807, 2.05) is 13.8 Å². The Hall–Kier alpha value is -0.660. The number of aldehydes is 1. The molecule has 0 unspecified atom stereocenters. The van der Waals surface area contributed by atoms with Crippen molar-refractivity contribution in [1.29, 1.82) is 0 Å². The first-order valence-electron chi connectivity index (χ1n) is 2.49. The Morgan fingerprint density at radius 1 is 1.62 bits per heavy atom. The van der Waals surface area contributed by atoms with Crippen LogP contribution in [0.3, 0.4) is 0 Å². The maximum atomic E-state index is 11.9. The fourth-order valence-corrected chi connectivity index (χ4v) is 0.358. The molecular weight excluding hydrogens is 107 g/mol. The minimum atomic E-state index is -0.681. The van der Waals surface area contributed by atoms with Crippen LogP contribution in [0.5, 0.6) is 0 Å². The zero-order valence-electron chi connectivity index (χ0n) is 5.02. The van der Waals surface area contributed by atoms with Gasteiger partial charge in [-0.1, -0.05) is 13.8 Å². The average Bonchev–Trinajstić information content (AvgIpc) is 1.65. The molecule has 0 aliphatic carbocycles. The molecular formula is C6H9FO. The second-order valence-electron chi connectivity index (χ2n) is 1.91. The molecule has 8 heavy (non-hydrogen) atoms. The number of halogens is 1. The molecule has 2 heteroatoms. The highest BCUT2D eigenvalue weighted by atomic mass is 19.1. The Balaban J connectivity index is 3.74. The lowest BCUT2D eigenvalue weighted by atomic mass is 10.2. The van der Waals surface area contributed by atoms with Crippen molar-refractivity contribution in [2.75, 3.05) is 0 Å². The first-order valence-corrected chi connectivity index (χ1v) is 2.49. The summed E-state index contributed by atoms with van der Waals surface area (Å²) in [7, 11) is 0. The minimum absolute atomic E-state index is 0.111. The maximum Gasteiger partial charge on any atom is 0.178 e. The van der Waals surface area contributed by atoms with Crippen molar-refractivity contribution < 1.29 is 9.18 Å². The van der Waals surface area contributed by atoms with E-state index in [4.69, 9.17) is 0 Å². The monoisotopic (exact) mass is 116 g/mol. The second kappa shape index (κ2) is 3.36. The summed E-state index contributed by atoms with van der Waals surface area (Å²) in [6.07, 6.45) is 1.48. The van der Waals surface area contributed by atoms with Crippen LogP contribution in [-0.4, -0.2) is 6.29 Å². The quantitative estimate of drug-likeness (QED) is 0.396. The Bertz CT molecular complexity index is 105. The van der Waals surface area contributed by atoms with Gasteiger partial charge >= 0.3 is 0 Å². The van der Waals surface area contributed by atoms with Gasteiger partial charge in [-0.15, -0.1) is 0 Å². The van der Waals surface area contributed by atoms with Gasteiger partial charge in [-0.2, -0.15) is 0 Å². The van der Waals surface area contributed by atoms with Crippen LogP contribution < -0.4 is 0 Å². The fraction of sp³-hybridized carbons (Fsp3) is 0.500. The molecule has 46 valence electrons.